The van der Waals surface area contributed by atoms with Crippen LogP contribution in [-0.4, -0.2) is 59.1 Å². The van der Waals surface area contributed by atoms with E-state index in [-0.39, 0.29) is 5.91 Å². The Morgan fingerprint density at radius 2 is 1.50 bits per heavy atom. The van der Waals surface area contributed by atoms with Gasteiger partial charge in [0.25, 0.3) is 5.91 Å². The second kappa shape index (κ2) is 13.7. The van der Waals surface area contributed by atoms with Gasteiger partial charge in [-0.15, -0.1) is 11.3 Å². The number of nitrogens with one attached hydrogen (secondary N) is 1. The summed E-state index contributed by atoms with van der Waals surface area (Å²) in [6.07, 6.45) is -3.90. The molecule has 1 saturated heterocycles. The van der Waals surface area contributed by atoms with E-state index in [0.29, 0.717) is 10.6 Å². The number of aryl methyl sites for hydroxylation is 1. The number of carboxylic acid groups (broad SMARTS) is 1. The third-order valence-corrected chi connectivity index (χ3v) is 7.06. The Kier molecular flexibility index (Phi) is 10.7. The minimum atomic E-state index is -5.08. The third-order valence-electron chi connectivity index (χ3n) is 5.82. The molecule has 1 fully saturated rings. The summed E-state index contributed by atoms with van der Waals surface area (Å²) >= 11 is 7.80. The Bertz CT molecular complexity index is 1200. The number of benzene rings is 2. The summed E-state index contributed by atoms with van der Waals surface area (Å²) in [4.78, 5) is 29.3. The maximum absolute atomic E-state index is 12.5. The monoisotopic (exact) mass is 567 g/mol. The molecule has 4 rings (SSSR count). The smallest absolute Gasteiger partial charge is 0.475 e. The largest absolute Gasteiger partial charge is 0.490 e. The van der Waals surface area contributed by atoms with Gasteiger partial charge < -0.3 is 10.4 Å². The highest BCUT2D eigenvalue weighted by Crippen LogP contribution is 2.19. The number of halogens is 4. The Hall–Kier alpha value is -2.92. The molecule has 2 heterocycles. The lowest BCUT2D eigenvalue weighted by molar-refractivity contribution is -0.192. The summed E-state index contributed by atoms with van der Waals surface area (Å²) in [6, 6.07) is 19.5. The van der Waals surface area contributed by atoms with Gasteiger partial charge in [-0.05, 0) is 80.5 Å². The van der Waals surface area contributed by atoms with Crippen molar-refractivity contribution >= 4 is 40.5 Å². The van der Waals surface area contributed by atoms with Gasteiger partial charge in [0.2, 0.25) is 0 Å². The van der Waals surface area contributed by atoms with E-state index in [1.54, 1.807) is 24.3 Å². The van der Waals surface area contributed by atoms with Gasteiger partial charge in [-0.3, -0.25) is 14.6 Å². The first-order valence-corrected chi connectivity index (χ1v) is 13.1. The van der Waals surface area contributed by atoms with Crippen molar-refractivity contribution in [1.82, 2.24) is 9.80 Å². The minimum absolute atomic E-state index is 0.108. The number of carbonyl (C=O) groups is 2. The van der Waals surface area contributed by atoms with E-state index in [4.69, 9.17) is 21.5 Å². The number of nitrogens with zero attached hydrogens (tertiary/aromatic N) is 2. The standard InChI is InChI=1S/C25H28ClN3OS.C2HF3O2/c1-19-3-12-24(31-19)18-29-14-2-13-28(15-16-29)17-20-4-6-21(7-5-20)25(30)27-23-10-8-22(26)9-11-23;3-2(4,5)1(6)7/h3-12H,2,13-18H2,1H3,(H,27,30);(H,6,7). The van der Waals surface area contributed by atoms with Crippen molar-refractivity contribution in [3.8, 4) is 0 Å². The van der Waals surface area contributed by atoms with Crippen molar-refractivity contribution < 1.29 is 27.9 Å². The molecule has 3 aromatic rings. The molecule has 1 amide bonds. The summed E-state index contributed by atoms with van der Waals surface area (Å²) in [5.74, 6) is -2.87. The summed E-state index contributed by atoms with van der Waals surface area (Å²) in [7, 11) is 0. The van der Waals surface area contributed by atoms with Crippen molar-refractivity contribution in [1.29, 1.82) is 0 Å². The molecule has 0 radical (unpaired) electrons. The van der Waals surface area contributed by atoms with Crippen molar-refractivity contribution in [3.05, 3.63) is 86.6 Å². The average Bonchev–Trinajstić information content (AvgIpc) is 3.15. The summed E-state index contributed by atoms with van der Waals surface area (Å²) in [6.45, 7) is 8.58. The fourth-order valence-electron chi connectivity index (χ4n) is 3.89. The third kappa shape index (κ3) is 9.75. The second-order valence-corrected chi connectivity index (χ2v) is 10.7. The van der Waals surface area contributed by atoms with Crippen LogP contribution in [0, 0.1) is 6.92 Å². The fraction of sp³-hybridized carbons (Fsp3) is 0.333. The molecular weight excluding hydrogens is 539 g/mol. The number of anilines is 1. The molecule has 11 heteroatoms. The van der Waals surface area contributed by atoms with Gasteiger partial charge in [-0.2, -0.15) is 13.2 Å². The highest BCUT2D eigenvalue weighted by molar-refractivity contribution is 7.11. The van der Waals surface area contributed by atoms with E-state index in [1.807, 2.05) is 23.5 Å². The summed E-state index contributed by atoms with van der Waals surface area (Å²) in [5.41, 5.74) is 2.64. The zero-order chi connectivity index (χ0) is 27.7. The number of carbonyl (C=O) groups excluding carboxylic acids is 1. The molecule has 1 aromatic heterocycles. The summed E-state index contributed by atoms with van der Waals surface area (Å²) in [5, 5.41) is 10.7. The zero-order valence-electron chi connectivity index (χ0n) is 20.8. The Balaban J connectivity index is 0.000000505. The quantitative estimate of drug-likeness (QED) is 0.365. The lowest BCUT2D eigenvalue weighted by Gasteiger charge is -2.21. The van der Waals surface area contributed by atoms with Crippen LogP contribution in [0.2, 0.25) is 5.02 Å². The van der Waals surface area contributed by atoms with E-state index in [9.17, 15) is 18.0 Å². The van der Waals surface area contributed by atoms with Crippen LogP contribution in [0.25, 0.3) is 0 Å². The van der Waals surface area contributed by atoms with Crippen LogP contribution in [0.5, 0.6) is 0 Å². The van der Waals surface area contributed by atoms with Gasteiger partial charge in [-0.25, -0.2) is 4.79 Å². The van der Waals surface area contributed by atoms with Gasteiger partial charge in [0.1, 0.15) is 0 Å². The normalized spacial score (nSPS) is 14.8. The fourth-order valence-corrected chi connectivity index (χ4v) is 4.95. The Labute approximate surface area is 228 Å². The molecule has 1 aliphatic heterocycles. The van der Waals surface area contributed by atoms with Gasteiger partial charge in [-0.1, -0.05) is 23.7 Å². The van der Waals surface area contributed by atoms with Crippen LogP contribution >= 0.6 is 22.9 Å². The maximum Gasteiger partial charge on any atom is 0.490 e. The molecule has 1 aliphatic rings. The number of amides is 1. The van der Waals surface area contributed by atoms with E-state index < -0.39 is 12.1 Å². The predicted molar refractivity (Wildman–Crippen MR) is 144 cm³/mol. The first kappa shape index (κ1) is 29.6. The van der Waals surface area contributed by atoms with E-state index in [0.717, 1.165) is 45.0 Å². The van der Waals surface area contributed by atoms with Crippen molar-refractivity contribution in [2.24, 2.45) is 0 Å². The highest BCUT2D eigenvalue weighted by Gasteiger charge is 2.38. The van der Waals surface area contributed by atoms with Crippen LogP contribution < -0.4 is 5.32 Å². The molecule has 0 bridgehead atoms. The first-order chi connectivity index (χ1) is 18.0. The molecule has 6 nitrogen and oxygen atoms in total. The number of aliphatic carboxylic acids is 1. The van der Waals surface area contributed by atoms with Crippen LogP contribution in [0.15, 0.2) is 60.7 Å². The molecule has 2 aromatic carbocycles. The number of rotatable bonds is 6. The molecule has 2 N–H and O–H groups in total. The van der Waals surface area contributed by atoms with E-state index >= 15 is 0 Å². The van der Waals surface area contributed by atoms with Crippen molar-refractivity contribution in [3.63, 3.8) is 0 Å². The maximum atomic E-state index is 12.5. The summed E-state index contributed by atoms with van der Waals surface area (Å²) < 4.78 is 31.7. The lowest BCUT2D eigenvalue weighted by atomic mass is 10.1. The number of hydrogen-bond acceptors (Lipinski definition) is 5. The molecule has 0 spiro atoms. The first-order valence-electron chi connectivity index (χ1n) is 12.0. The number of thiophene rings is 1. The molecule has 38 heavy (non-hydrogen) atoms. The second-order valence-electron chi connectivity index (χ2n) is 8.88. The predicted octanol–water partition coefficient (Wildman–Crippen LogP) is 6.30. The van der Waals surface area contributed by atoms with Crippen molar-refractivity contribution in [2.75, 3.05) is 31.5 Å². The van der Waals surface area contributed by atoms with Crippen molar-refractivity contribution in [2.45, 2.75) is 32.6 Å². The highest BCUT2D eigenvalue weighted by atomic mass is 35.5. The van der Waals surface area contributed by atoms with E-state index in [2.05, 4.69) is 46.3 Å². The molecule has 0 aliphatic carbocycles. The minimum Gasteiger partial charge on any atom is -0.475 e. The molecule has 0 saturated carbocycles. The Morgan fingerprint density at radius 3 is 2.03 bits per heavy atom. The van der Waals surface area contributed by atoms with Gasteiger partial charge in [0.05, 0.1) is 0 Å². The van der Waals surface area contributed by atoms with Crippen LogP contribution in [0.1, 0.15) is 32.1 Å². The van der Waals surface area contributed by atoms with Gasteiger partial charge in [0, 0.05) is 52.2 Å². The molecule has 0 atom stereocenters. The average molecular weight is 568 g/mol. The number of alkyl halides is 3. The SMILES string of the molecule is Cc1ccc(CN2CCCN(Cc3ccc(C(=O)Nc4ccc(Cl)cc4)cc3)CC2)s1.O=C(O)C(F)(F)F. The molecular formula is C27H29ClF3N3O3S. The van der Waals surface area contributed by atoms with E-state index in [1.165, 1.54) is 21.7 Å². The lowest BCUT2D eigenvalue weighted by Crippen LogP contribution is -2.30. The number of carboxylic acids is 1. The van der Waals surface area contributed by atoms with Crippen LogP contribution in [0.3, 0.4) is 0 Å². The van der Waals surface area contributed by atoms with Gasteiger partial charge in [0.15, 0.2) is 0 Å². The number of hydrogen-bond donors (Lipinski definition) is 2. The molecule has 0 unspecified atom stereocenters. The van der Waals surface area contributed by atoms with Gasteiger partial charge >= 0.3 is 12.1 Å². The zero-order valence-corrected chi connectivity index (χ0v) is 22.4. The molecule has 204 valence electrons. The van der Waals surface area contributed by atoms with Crippen LogP contribution in [-0.2, 0) is 17.9 Å². The van der Waals surface area contributed by atoms with Crippen LogP contribution in [0.4, 0.5) is 18.9 Å². The Morgan fingerprint density at radius 1 is 0.921 bits per heavy atom. The topological polar surface area (TPSA) is 72.9 Å².